The number of rotatable bonds is 0. The summed E-state index contributed by atoms with van der Waals surface area (Å²) in [6.07, 6.45) is 0. The van der Waals surface area contributed by atoms with E-state index in [1.807, 2.05) is 0 Å². The average molecular weight is 385 g/mol. The fraction of sp³-hybridized carbons (Fsp3) is 0. The number of hydrogen-bond donors (Lipinski definition) is 0. The van der Waals surface area contributed by atoms with E-state index in [-0.39, 0.29) is 116 Å². The molecule has 0 aromatic rings. The number of hydrogen-bond acceptors (Lipinski definition) is 0. The molecule has 0 unspecified atom stereocenters. The largest absolute Gasteiger partial charge is 0 e. The van der Waals surface area contributed by atoms with Crippen molar-refractivity contribution in [2.24, 2.45) is 0 Å². The Bertz CT molecular complexity index is 19.7. The molecule has 0 nitrogen and oxygen atoms in total. The van der Waals surface area contributed by atoms with Crippen molar-refractivity contribution >= 4 is 10.1 Å². The summed E-state index contributed by atoms with van der Waals surface area (Å²) in [6.45, 7) is 0. The fourth-order valence-corrected chi connectivity index (χ4v) is 0. The molecule has 4 radical (unpaired) electrons. The second-order valence-electron chi connectivity index (χ2n) is 0. The Morgan fingerprint density at radius 3 is 1.00 bits per heavy atom. The molecule has 0 aliphatic rings. The van der Waals surface area contributed by atoms with E-state index in [2.05, 4.69) is 0 Å². The Morgan fingerprint density at radius 2 is 1.00 bits per heavy atom. The summed E-state index contributed by atoms with van der Waals surface area (Å²) < 4.78 is 0. The summed E-state index contributed by atoms with van der Waals surface area (Å²) in [5.41, 5.74) is 0. The van der Waals surface area contributed by atoms with E-state index in [1.54, 1.807) is 0 Å². The van der Waals surface area contributed by atoms with Crippen LogP contribution >= 0.6 is 0 Å². The molecule has 7 heteroatoms. The van der Waals surface area contributed by atoms with E-state index in [1.165, 1.54) is 0 Å². The van der Waals surface area contributed by atoms with Gasteiger partial charge in [0.1, 0.15) is 0 Å². The average Bonchev–Trinajstić information content (AvgIpc) is 0. The minimum Gasteiger partial charge on any atom is 0 e. The molecule has 0 fully saturated rings. The summed E-state index contributed by atoms with van der Waals surface area (Å²) in [7, 11) is 0. The molecule has 0 bridgehead atoms. The van der Waals surface area contributed by atoms with Gasteiger partial charge in [-0.05, 0) is 0 Å². The van der Waals surface area contributed by atoms with Crippen LogP contribution in [0.2, 0.25) is 0 Å². The second-order valence-corrected chi connectivity index (χ2v) is 0. The molecule has 0 spiro atoms. The minimum absolute atomic E-state index is 0. The molecule has 0 aliphatic heterocycles. The summed E-state index contributed by atoms with van der Waals surface area (Å²) >= 11 is 0. The standard InChI is InChI=1S/Be.Co.Cr.Fe.Mn.Mo.Ni. The summed E-state index contributed by atoms with van der Waals surface area (Å²) in [4.78, 5) is 0. The zero-order valence-corrected chi connectivity index (χ0v) is 10.5. The maximum Gasteiger partial charge on any atom is 0 e. The smallest absolute Gasteiger partial charge is 0 e. The van der Waals surface area contributed by atoms with Crippen molar-refractivity contribution in [3.8, 4) is 0 Å². The Labute approximate surface area is 114 Å². The van der Waals surface area contributed by atoms with Crippen molar-refractivity contribution in [3.63, 3.8) is 0 Å². The van der Waals surface area contributed by atoms with Crippen LogP contribution < -0.4 is 0 Å². The van der Waals surface area contributed by atoms with Crippen LogP contribution in [-0.2, 0) is 106 Å². The van der Waals surface area contributed by atoms with Gasteiger partial charge in [-0.2, -0.15) is 0 Å². The molecule has 0 saturated heterocycles. The molecule has 0 heterocycles. The predicted molar refractivity (Wildman–Crippen MR) is 5.75 cm³/mol. The Hall–Kier alpha value is 3.43. The van der Waals surface area contributed by atoms with Gasteiger partial charge < -0.3 is 0 Å². The summed E-state index contributed by atoms with van der Waals surface area (Å²) in [5, 5.41) is 0. The van der Waals surface area contributed by atoms with Crippen molar-refractivity contribution in [3.05, 3.63) is 0 Å². The maximum absolute atomic E-state index is 0. The first-order valence-corrected chi connectivity index (χ1v) is 0. The van der Waals surface area contributed by atoms with Gasteiger partial charge in [0.25, 0.3) is 0 Å². The molecule has 0 amide bonds. The molecular weight excluding hydrogens is 385 g/mol. The van der Waals surface area contributed by atoms with E-state index < -0.39 is 0 Å². The van der Waals surface area contributed by atoms with Gasteiger partial charge >= 0.3 is 0 Å². The molecule has 0 N–H and O–H groups in total. The molecule has 0 rings (SSSR count). The Balaban J connectivity index is 0. The molecule has 0 atom stereocenters. The van der Waals surface area contributed by atoms with Crippen LogP contribution in [0.15, 0.2) is 0 Å². The van der Waals surface area contributed by atoms with E-state index in [0.717, 1.165) is 0 Å². The van der Waals surface area contributed by atoms with Gasteiger partial charge in [-0.1, -0.05) is 0 Å². The molecule has 7 heavy (non-hydrogen) atoms. The SMILES string of the molecule is [Be].[Co].[Cr].[Fe].[Mn].[Mo].[Ni]. The first-order valence-electron chi connectivity index (χ1n) is 0. The van der Waals surface area contributed by atoms with Gasteiger partial charge in [0, 0.05) is 116 Å². The van der Waals surface area contributed by atoms with Gasteiger partial charge in [-0.25, -0.2) is 0 Å². The van der Waals surface area contributed by atoms with Crippen LogP contribution in [0.4, 0.5) is 0 Å². The third-order valence-corrected chi connectivity index (χ3v) is 0. The van der Waals surface area contributed by atoms with Crippen LogP contribution in [0, 0.1) is 0 Å². The molecule has 0 aliphatic carbocycles. The van der Waals surface area contributed by atoms with Gasteiger partial charge in [0.05, 0.1) is 0 Å². The molecule has 0 aromatic heterocycles. The van der Waals surface area contributed by atoms with Crippen molar-refractivity contribution < 1.29 is 106 Å². The van der Waals surface area contributed by atoms with E-state index in [9.17, 15) is 0 Å². The van der Waals surface area contributed by atoms with Crippen LogP contribution in [-0.4, -0.2) is 10.1 Å². The molecule has 0 saturated carbocycles. The first kappa shape index (κ1) is 78.9. The van der Waals surface area contributed by atoms with Crippen LogP contribution in [0.1, 0.15) is 0 Å². The van der Waals surface area contributed by atoms with Crippen LogP contribution in [0.3, 0.4) is 0 Å². The van der Waals surface area contributed by atoms with Crippen molar-refractivity contribution in [1.82, 2.24) is 0 Å². The van der Waals surface area contributed by atoms with Gasteiger partial charge in [-0.15, -0.1) is 0 Å². The van der Waals surface area contributed by atoms with Gasteiger partial charge in [-0.3, -0.25) is 0 Å². The quantitative estimate of drug-likeness (QED) is 0.498. The predicted octanol–water partition coefficient (Wildman–Crippen LogP) is -0.396. The van der Waals surface area contributed by atoms with Crippen LogP contribution in [0.25, 0.3) is 0 Å². The van der Waals surface area contributed by atoms with E-state index in [0.29, 0.717) is 0 Å². The summed E-state index contributed by atoms with van der Waals surface area (Å²) in [6, 6.07) is 0. The van der Waals surface area contributed by atoms with Crippen molar-refractivity contribution in [2.75, 3.05) is 0 Å². The van der Waals surface area contributed by atoms with Gasteiger partial charge in [0.15, 0.2) is 0 Å². The van der Waals surface area contributed by atoms with Crippen LogP contribution in [0.5, 0.6) is 0 Å². The van der Waals surface area contributed by atoms with E-state index >= 15 is 0 Å². The first-order chi connectivity index (χ1) is 0. The zero-order valence-electron chi connectivity index (χ0n) is 2.90. The third-order valence-electron chi connectivity index (χ3n) is 0. The molecule has 48 valence electrons. The van der Waals surface area contributed by atoms with Gasteiger partial charge in [0.2, 0.25) is 0 Å². The zero-order chi connectivity index (χ0) is 0. The minimum atomic E-state index is 0. The van der Waals surface area contributed by atoms with Crippen molar-refractivity contribution in [1.29, 1.82) is 0 Å². The van der Waals surface area contributed by atoms with Crippen molar-refractivity contribution in [2.45, 2.75) is 0 Å². The molecular formula is BeCoCrFeMnMoNi. The Morgan fingerprint density at radius 1 is 1.00 bits per heavy atom. The monoisotopic (exact) mass is 387 g/mol. The third kappa shape index (κ3) is 44.3. The normalized spacial score (nSPS) is 0. The van der Waals surface area contributed by atoms with E-state index in [4.69, 9.17) is 0 Å². The fourth-order valence-electron chi connectivity index (χ4n) is 0. The molecule has 0 aromatic carbocycles. The Kier molecular flexibility index (Phi) is 642. The maximum atomic E-state index is 0. The topological polar surface area (TPSA) is 0 Å². The second kappa shape index (κ2) is 57.0. The summed E-state index contributed by atoms with van der Waals surface area (Å²) in [5.74, 6) is 0.